The van der Waals surface area contributed by atoms with E-state index in [4.69, 9.17) is 10.5 Å². The van der Waals surface area contributed by atoms with E-state index in [0.29, 0.717) is 6.54 Å². The lowest BCUT2D eigenvalue weighted by atomic mass is 10.2. The minimum atomic E-state index is 0.199. The fourth-order valence-corrected chi connectivity index (χ4v) is 0.897. The first kappa shape index (κ1) is 9.07. The Morgan fingerprint density at radius 2 is 2.25 bits per heavy atom. The third-order valence-electron chi connectivity index (χ3n) is 1.45. The molecular weight excluding hydrogens is 150 g/mol. The zero-order chi connectivity index (χ0) is 8.97. The number of rotatable bonds is 3. The SMILES string of the molecule is CC(C)Oc1[c]cc(CN)cc1. The highest BCUT2D eigenvalue weighted by atomic mass is 16.5. The lowest BCUT2D eigenvalue weighted by molar-refractivity contribution is 0.242. The fourth-order valence-electron chi connectivity index (χ4n) is 0.897. The summed E-state index contributed by atoms with van der Waals surface area (Å²) in [4.78, 5) is 0. The van der Waals surface area contributed by atoms with E-state index in [0.717, 1.165) is 11.3 Å². The Kier molecular flexibility index (Phi) is 3.11. The summed E-state index contributed by atoms with van der Waals surface area (Å²) in [5.41, 5.74) is 6.52. The van der Waals surface area contributed by atoms with Gasteiger partial charge in [-0.1, -0.05) is 6.07 Å². The molecule has 0 aliphatic rings. The van der Waals surface area contributed by atoms with Gasteiger partial charge in [0, 0.05) is 12.6 Å². The van der Waals surface area contributed by atoms with Crippen LogP contribution in [0, 0.1) is 6.07 Å². The van der Waals surface area contributed by atoms with Gasteiger partial charge < -0.3 is 10.5 Å². The van der Waals surface area contributed by atoms with Crippen LogP contribution in [0.3, 0.4) is 0 Å². The Morgan fingerprint density at radius 3 is 2.67 bits per heavy atom. The molecule has 0 bridgehead atoms. The molecule has 1 aromatic rings. The highest BCUT2D eigenvalue weighted by Crippen LogP contribution is 2.12. The second-order valence-electron chi connectivity index (χ2n) is 2.93. The van der Waals surface area contributed by atoms with Crippen LogP contribution in [-0.2, 0) is 6.54 Å². The minimum absolute atomic E-state index is 0.199. The van der Waals surface area contributed by atoms with Crippen LogP contribution < -0.4 is 10.5 Å². The molecule has 0 aromatic heterocycles. The zero-order valence-electron chi connectivity index (χ0n) is 7.50. The van der Waals surface area contributed by atoms with Crippen LogP contribution in [0.25, 0.3) is 0 Å². The van der Waals surface area contributed by atoms with Crippen molar-refractivity contribution in [1.29, 1.82) is 0 Å². The summed E-state index contributed by atoms with van der Waals surface area (Å²) in [6.45, 7) is 4.54. The molecule has 2 N–H and O–H groups in total. The van der Waals surface area contributed by atoms with Gasteiger partial charge in [0.05, 0.1) is 6.10 Å². The second-order valence-corrected chi connectivity index (χ2v) is 2.93. The summed E-state index contributed by atoms with van der Waals surface area (Å²) in [7, 11) is 0. The molecule has 0 fully saturated rings. The van der Waals surface area contributed by atoms with Crippen molar-refractivity contribution in [3.63, 3.8) is 0 Å². The molecule has 2 nitrogen and oxygen atoms in total. The van der Waals surface area contributed by atoms with Crippen LogP contribution in [0.2, 0.25) is 0 Å². The maximum absolute atomic E-state index is 5.44. The normalized spacial score (nSPS) is 10.3. The Labute approximate surface area is 73.3 Å². The molecule has 0 atom stereocenters. The molecule has 0 aliphatic heterocycles. The molecule has 1 aromatic carbocycles. The standard InChI is InChI=1S/C10H14NO/c1-8(2)12-10-5-3-9(7-11)4-6-10/h3-5,8H,7,11H2,1-2H3. The second kappa shape index (κ2) is 4.12. The predicted molar refractivity (Wildman–Crippen MR) is 48.9 cm³/mol. The van der Waals surface area contributed by atoms with Crippen molar-refractivity contribution in [2.75, 3.05) is 0 Å². The largest absolute Gasteiger partial charge is 0.490 e. The van der Waals surface area contributed by atoms with E-state index in [9.17, 15) is 0 Å². The third-order valence-corrected chi connectivity index (χ3v) is 1.45. The molecule has 1 radical (unpaired) electrons. The molecule has 2 heteroatoms. The molecule has 12 heavy (non-hydrogen) atoms. The minimum Gasteiger partial charge on any atom is -0.490 e. The van der Waals surface area contributed by atoms with E-state index in [2.05, 4.69) is 6.07 Å². The van der Waals surface area contributed by atoms with Gasteiger partial charge in [-0.3, -0.25) is 0 Å². The van der Waals surface area contributed by atoms with Crippen LogP contribution in [0.4, 0.5) is 0 Å². The van der Waals surface area contributed by atoms with Crippen molar-refractivity contribution in [2.24, 2.45) is 5.73 Å². The maximum Gasteiger partial charge on any atom is 0.127 e. The topological polar surface area (TPSA) is 35.2 Å². The monoisotopic (exact) mass is 164 g/mol. The van der Waals surface area contributed by atoms with Crippen LogP contribution >= 0.6 is 0 Å². The first-order valence-electron chi connectivity index (χ1n) is 4.09. The van der Waals surface area contributed by atoms with Gasteiger partial charge in [0.25, 0.3) is 0 Å². The molecule has 65 valence electrons. The van der Waals surface area contributed by atoms with Gasteiger partial charge in [-0.25, -0.2) is 0 Å². The fraction of sp³-hybridized carbons (Fsp3) is 0.400. The first-order chi connectivity index (χ1) is 5.72. The van der Waals surface area contributed by atoms with Crippen LogP contribution in [0.5, 0.6) is 5.75 Å². The molecule has 0 aliphatic carbocycles. The van der Waals surface area contributed by atoms with Crippen LogP contribution in [-0.4, -0.2) is 6.10 Å². The smallest absolute Gasteiger partial charge is 0.127 e. The summed E-state index contributed by atoms with van der Waals surface area (Å²) in [6.07, 6.45) is 0.199. The van der Waals surface area contributed by atoms with Crippen LogP contribution in [0.1, 0.15) is 19.4 Å². The van der Waals surface area contributed by atoms with E-state index < -0.39 is 0 Å². The van der Waals surface area contributed by atoms with E-state index in [-0.39, 0.29) is 6.10 Å². The van der Waals surface area contributed by atoms with Gasteiger partial charge in [-0.15, -0.1) is 0 Å². The van der Waals surface area contributed by atoms with Gasteiger partial charge in [-0.05, 0) is 31.5 Å². The molecular formula is C10H14NO. The summed E-state index contributed by atoms with van der Waals surface area (Å²) < 4.78 is 5.42. The molecule has 0 saturated carbocycles. The number of ether oxygens (including phenoxy) is 1. The third kappa shape index (κ3) is 2.55. The van der Waals surface area contributed by atoms with Gasteiger partial charge in [0.15, 0.2) is 0 Å². The average molecular weight is 164 g/mol. The highest BCUT2D eigenvalue weighted by molar-refractivity contribution is 5.25. The van der Waals surface area contributed by atoms with Gasteiger partial charge in [-0.2, -0.15) is 0 Å². The quantitative estimate of drug-likeness (QED) is 0.738. The number of nitrogens with two attached hydrogens (primary N) is 1. The predicted octanol–water partition coefficient (Wildman–Crippen LogP) is 1.73. The first-order valence-corrected chi connectivity index (χ1v) is 4.09. The average Bonchev–Trinajstić information content (AvgIpc) is 2.05. The maximum atomic E-state index is 5.44. The lowest BCUT2D eigenvalue weighted by Crippen LogP contribution is -2.05. The van der Waals surface area contributed by atoms with Crippen molar-refractivity contribution in [2.45, 2.75) is 26.5 Å². The molecule has 0 saturated heterocycles. The van der Waals surface area contributed by atoms with E-state index in [1.807, 2.05) is 32.0 Å². The van der Waals surface area contributed by atoms with Gasteiger partial charge >= 0.3 is 0 Å². The van der Waals surface area contributed by atoms with E-state index >= 15 is 0 Å². The summed E-state index contributed by atoms with van der Waals surface area (Å²) >= 11 is 0. The highest BCUT2D eigenvalue weighted by Gasteiger charge is 1.96. The van der Waals surface area contributed by atoms with Gasteiger partial charge in [0.2, 0.25) is 0 Å². The number of hydrogen-bond acceptors (Lipinski definition) is 2. The zero-order valence-corrected chi connectivity index (χ0v) is 7.50. The Bertz CT molecular complexity index is 228. The summed E-state index contributed by atoms with van der Waals surface area (Å²) in [5.74, 6) is 0.780. The molecule has 0 unspecified atom stereocenters. The Balaban J connectivity index is 2.65. The summed E-state index contributed by atoms with van der Waals surface area (Å²) in [6, 6.07) is 8.72. The number of hydrogen-bond donors (Lipinski definition) is 1. The molecule has 0 amide bonds. The van der Waals surface area contributed by atoms with Crippen molar-refractivity contribution in [3.05, 3.63) is 29.8 Å². The van der Waals surface area contributed by atoms with E-state index in [1.54, 1.807) is 0 Å². The van der Waals surface area contributed by atoms with Crippen molar-refractivity contribution in [1.82, 2.24) is 0 Å². The lowest BCUT2D eigenvalue weighted by Gasteiger charge is -2.08. The Hall–Kier alpha value is -1.02. The molecule has 0 heterocycles. The Morgan fingerprint density at radius 1 is 1.50 bits per heavy atom. The molecule has 1 rings (SSSR count). The van der Waals surface area contributed by atoms with Crippen LogP contribution in [0.15, 0.2) is 18.2 Å². The van der Waals surface area contributed by atoms with Gasteiger partial charge in [0.1, 0.15) is 5.75 Å². The van der Waals surface area contributed by atoms with Crippen molar-refractivity contribution in [3.8, 4) is 5.75 Å². The number of benzene rings is 1. The summed E-state index contributed by atoms with van der Waals surface area (Å²) in [5, 5.41) is 0. The molecule has 0 spiro atoms. The van der Waals surface area contributed by atoms with E-state index in [1.165, 1.54) is 0 Å². The van der Waals surface area contributed by atoms with Crippen molar-refractivity contribution < 1.29 is 4.74 Å². The van der Waals surface area contributed by atoms with Crippen molar-refractivity contribution >= 4 is 0 Å².